The molecule has 3 nitrogen and oxygen atoms in total. The summed E-state index contributed by atoms with van der Waals surface area (Å²) in [5.41, 5.74) is 5.11. The predicted octanol–water partition coefficient (Wildman–Crippen LogP) is 0.817. The van der Waals surface area contributed by atoms with E-state index < -0.39 is 0 Å². The van der Waals surface area contributed by atoms with Crippen LogP contribution in [0.3, 0.4) is 0 Å². The molecule has 0 rings (SSSR count). The van der Waals surface area contributed by atoms with Crippen molar-refractivity contribution in [3.05, 3.63) is 0 Å². The first-order valence-electron chi connectivity index (χ1n) is 3.76. The van der Waals surface area contributed by atoms with Gasteiger partial charge in [0.15, 0.2) is 0 Å². The van der Waals surface area contributed by atoms with Gasteiger partial charge in [-0.25, -0.2) is 5.43 Å². The molecule has 0 aromatic heterocycles. The van der Waals surface area contributed by atoms with E-state index in [0.29, 0.717) is 6.42 Å². The van der Waals surface area contributed by atoms with E-state index in [-0.39, 0.29) is 5.91 Å². The Kier molecular flexibility index (Phi) is 6.18. The summed E-state index contributed by atoms with van der Waals surface area (Å²) in [5.74, 6) is 0.0796. The standard InChI is InChI=1S/C7H16N2O/c1-3-4-5-6-7(10)9-8-2/h8H,3-6H2,1-2H3,(H,9,10). The number of carbonyl (C=O) groups excluding carboxylic acids is 1. The van der Waals surface area contributed by atoms with Gasteiger partial charge in [-0.05, 0) is 6.42 Å². The summed E-state index contributed by atoms with van der Waals surface area (Å²) in [6.07, 6.45) is 3.92. The molecule has 3 heteroatoms. The Morgan fingerprint density at radius 1 is 1.40 bits per heavy atom. The summed E-state index contributed by atoms with van der Waals surface area (Å²) in [5, 5.41) is 0. The second-order valence-electron chi connectivity index (χ2n) is 2.26. The third-order valence-electron chi connectivity index (χ3n) is 1.27. The number of hydrogen-bond acceptors (Lipinski definition) is 2. The van der Waals surface area contributed by atoms with Crippen molar-refractivity contribution in [3.63, 3.8) is 0 Å². The minimum atomic E-state index is 0.0796. The molecule has 0 aliphatic heterocycles. The fourth-order valence-electron chi connectivity index (χ4n) is 0.737. The van der Waals surface area contributed by atoms with Crippen molar-refractivity contribution in [1.82, 2.24) is 10.9 Å². The average molecular weight is 144 g/mol. The fourth-order valence-corrected chi connectivity index (χ4v) is 0.737. The maximum absolute atomic E-state index is 10.7. The lowest BCUT2D eigenvalue weighted by Gasteiger charge is -2.00. The molecule has 0 aliphatic rings. The monoisotopic (exact) mass is 144 g/mol. The van der Waals surface area contributed by atoms with Crippen molar-refractivity contribution in [3.8, 4) is 0 Å². The number of hydrogen-bond donors (Lipinski definition) is 2. The van der Waals surface area contributed by atoms with Crippen molar-refractivity contribution in [2.45, 2.75) is 32.6 Å². The van der Waals surface area contributed by atoms with Crippen LogP contribution in [0.4, 0.5) is 0 Å². The predicted molar refractivity (Wildman–Crippen MR) is 41.3 cm³/mol. The van der Waals surface area contributed by atoms with Crippen LogP contribution in [0.2, 0.25) is 0 Å². The van der Waals surface area contributed by atoms with Gasteiger partial charge in [-0.15, -0.1) is 0 Å². The Labute approximate surface area is 62.2 Å². The minimum absolute atomic E-state index is 0.0796. The average Bonchev–Trinajstić information content (AvgIpc) is 1.89. The number of rotatable bonds is 5. The highest BCUT2D eigenvalue weighted by atomic mass is 16.2. The molecule has 0 fully saturated rings. The summed E-state index contributed by atoms with van der Waals surface area (Å²) in [4.78, 5) is 10.7. The highest BCUT2D eigenvalue weighted by molar-refractivity contribution is 5.75. The molecular weight excluding hydrogens is 128 g/mol. The lowest BCUT2D eigenvalue weighted by Crippen LogP contribution is -2.33. The zero-order valence-corrected chi connectivity index (χ0v) is 6.74. The lowest BCUT2D eigenvalue weighted by atomic mass is 10.2. The topological polar surface area (TPSA) is 41.1 Å². The van der Waals surface area contributed by atoms with Crippen LogP contribution in [0.5, 0.6) is 0 Å². The van der Waals surface area contributed by atoms with Crippen molar-refractivity contribution in [2.24, 2.45) is 0 Å². The van der Waals surface area contributed by atoms with E-state index in [0.717, 1.165) is 19.3 Å². The molecule has 0 unspecified atom stereocenters. The second-order valence-corrected chi connectivity index (χ2v) is 2.26. The van der Waals surface area contributed by atoms with Crippen LogP contribution < -0.4 is 10.9 Å². The number of hydrazine groups is 1. The van der Waals surface area contributed by atoms with Gasteiger partial charge < -0.3 is 0 Å². The Morgan fingerprint density at radius 2 is 2.10 bits per heavy atom. The molecular formula is C7H16N2O. The molecule has 0 atom stereocenters. The summed E-state index contributed by atoms with van der Waals surface area (Å²) >= 11 is 0. The molecule has 0 aromatic rings. The maximum atomic E-state index is 10.7. The SMILES string of the molecule is CCCCCC(=O)NNC. The number of carbonyl (C=O) groups is 1. The van der Waals surface area contributed by atoms with Crippen molar-refractivity contribution in [2.75, 3.05) is 7.05 Å². The quantitative estimate of drug-likeness (QED) is 0.443. The summed E-state index contributed by atoms with van der Waals surface area (Å²) in [6.45, 7) is 2.12. The fraction of sp³-hybridized carbons (Fsp3) is 0.857. The third kappa shape index (κ3) is 5.56. The number of amides is 1. The molecule has 0 spiro atoms. The molecule has 0 radical (unpaired) electrons. The third-order valence-corrected chi connectivity index (χ3v) is 1.27. The van der Waals surface area contributed by atoms with Gasteiger partial charge in [-0.3, -0.25) is 10.2 Å². The Hall–Kier alpha value is -0.570. The van der Waals surface area contributed by atoms with Gasteiger partial charge in [0.1, 0.15) is 0 Å². The number of nitrogens with one attached hydrogen (secondary N) is 2. The van der Waals surface area contributed by atoms with Crippen LogP contribution in [0.1, 0.15) is 32.6 Å². The maximum Gasteiger partial charge on any atom is 0.234 e. The molecule has 0 saturated carbocycles. The van der Waals surface area contributed by atoms with Crippen LogP contribution in [-0.4, -0.2) is 13.0 Å². The molecule has 0 aromatic carbocycles. The van der Waals surface area contributed by atoms with E-state index in [4.69, 9.17) is 0 Å². The summed E-state index contributed by atoms with van der Waals surface area (Å²) < 4.78 is 0. The lowest BCUT2D eigenvalue weighted by molar-refractivity contribution is -0.122. The second kappa shape index (κ2) is 6.55. The normalized spacial score (nSPS) is 9.40. The molecule has 0 aliphatic carbocycles. The first kappa shape index (κ1) is 9.43. The zero-order valence-electron chi connectivity index (χ0n) is 6.74. The van der Waals surface area contributed by atoms with E-state index in [9.17, 15) is 4.79 Å². The molecule has 0 heterocycles. The van der Waals surface area contributed by atoms with Gasteiger partial charge in [0.05, 0.1) is 0 Å². The minimum Gasteiger partial charge on any atom is -0.292 e. The zero-order chi connectivity index (χ0) is 7.82. The van der Waals surface area contributed by atoms with Gasteiger partial charge in [-0.1, -0.05) is 19.8 Å². The van der Waals surface area contributed by atoms with E-state index >= 15 is 0 Å². The largest absolute Gasteiger partial charge is 0.292 e. The molecule has 60 valence electrons. The van der Waals surface area contributed by atoms with Crippen LogP contribution in [0.15, 0.2) is 0 Å². The van der Waals surface area contributed by atoms with Crippen LogP contribution in [0.25, 0.3) is 0 Å². The smallest absolute Gasteiger partial charge is 0.234 e. The Morgan fingerprint density at radius 3 is 2.60 bits per heavy atom. The molecule has 0 bridgehead atoms. The van der Waals surface area contributed by atoms with Gasteiger partial charge in [0.2, 0.25) is 5.91 Å². The Balaban J connectivity index is 3.05. The van der Waals surface area contributed by atoms with Crippen molar-refractivity contribution < 1.29 is 4.79 Å². The Bertz CT molecular complexity index is 93.6. The van der Waals surface area contributed by atoms with Crippen LogP contribution in [0, 0.1) is 0 Å². The molecule has 0 saturated heterocycles. The van der Waals surface area contributed by atoms with E-state index in [2.05, 4.69) is 17.8 Å². The molecule has 10 heavy (non-hydrogen) atoms. The molecule has 2 N–H and O–H groups in total. The number of unbranched alkanes of at least 4 members (excludes halogenated alkanes) is 2. The first-order valence-corrected chi connectivity index (χ1v) is 3.76. The first-order chi connectivity index (χ1) is 4.81. The van der Waals surface area contributed by atoms with Gasteiger partial charge in [0.25, 0.3) is 0 Å². The highest BCUT2D eigenvalue weighted by Crippen LogP contribution is 1.97. The van der Waals surface area contributed by atoms with E-state index in [1.165, 1.54) is 0 Å². The summed E-state index contributed by atoms with van der Waals surface area (Å²) in [7, 11) is 1.69. The van der Waals surface area contributed by atoms with Gasteiger partial charge in [0, 0.05) is 13.5 Å². The van der Waals surface area contributed by atoms with E-state index in [1.807, 2.05) is 0 Å². The van der Waals surface area contributed by atoms with Crippen molar-refractivity contribution >= 4 is 5.91 Å². The van der Waals surface area contributed by atoms with Crippen molar-refractivity contribution in [1.29, 1.82) is 0 Å². The summed E-state index contributed by atoms with van der Waals surface area (Å²) in [6, 6.07) is 0. The van der Waals surface area contributed by atoms with Gasteiger partial charge in [-0.2, -0.15) is 0 Å². The van der Waals surface area contributed by atoms with Gasteiger partial charge >= 0.3 is 0 Å². The van der Waals surface area contributed by atoms with E-state index in [1.54, 1.807) is 7.05 Å². The van der Waals surface area contributed by atoms with Crippen LogP contribution in [-0.2, 0) is 4.79 Å². The highest BCUT2D eigenvalue weighted by Gasteiger charge is 1.96. The molecule has 1 amide bonds. The van der Waals surface area contributed by atoms with Crippen LogP contribution >= 0.6 is 0 Å².